The molecule has 140 valence electrons. The van der Waals surface area contributed by atoms with Gasteiger partial charge >= 0.3 is 0 Å². The van der Waals surface area contributed by atoms with Crippen molar-refractivity contribution in [2.75, 3.05) is 0 Å². The number of aromatic nitrogens is 4. The summed E-state index contributed by atoms with van der Waals surface area (Å²) < 4.78 is 28.5. The van der Waals surface area contributed by atoms with Gasteiger partial charge in [-0.25, -0.2) is 13.8 Å². The molecule has 0 aliphatic heterocycles. The van der Waals surface area contributed by atoms with Gasteiger partial charge in [0, 0.05) is 55.7 Å². The molecule has 3 aromatic heterocycles. The Bertz CT molecular complexity index is 989. The number of pyridine rings is 2. The number of fused-ring (bicyclic) bond motifs is 1. The highest BCUT2D eigenvalue weighted by atomic mass is 19.3. The first-order valence-electron chi connectivity index (χ1n) is 9.03. The Labute approximate surface area is 155 Å². The summed E-state index contributed by atoms with van der Waals surface area (Å²) in [5.74, 6) is -2.91. The second-order valence-corrected chi connectivity index (χ2v) is 7.26. The molecule has 3 heterocycles. The van der Waals surface area contributed by atoms with Crippen LogP contribution in [-0.2, 0) is 18.3 Å². The van der Waals surface area contributed by atoms with Gasteiger partial charge in [-0.3, -0.25) is 14.8 Å². The molecule has 0 amide bonds. The summed E-state index contributed by atoms with van der Waals surface area (Å²) in [5.41, 5.74) is 2.35. The van der Waals surface area contributed by atoms with Crippen molar-refractivity contribution in [2.45, 2.75) is 38.0 Å². The third-order valence-corrected chi connectivity index (χ3v) is 5.27. The van der Waals surface area contributed by atoms with Gasteiger partial charge in [0.2, 0.25) is 5.92 Å². The fraction of sp³-hybridized carbons (Fsp3) is 0.400. The van der Waals surface area contributed by atoms with Gasteiger partial charge < -0.3 is 4.57 Å². The largest absolute Gasteiger partial charge is 0.332 e. The summed E-state index contributed by atoms with van der Waals surface area (Å²) in [6, 6.07) is 3.83. The van der Waals surface area contributed by atoms with E-state index >= 15 is 0 Å². The second-order valence-electron chi connectivity index (χ2n) is 7.26. The topological polar surface area (TPSA) is 60.7 Å². The number of nitrogens with zero attached hydrogens (tertiary/aromatic N) is 4. The quantitative estimate of drug-likeness (QED) is 0.697. The van der Waals surface area contributed by atoms with Gasteiger partial charge in [-0.2, -0.15) is 0 Å². The monoisotopic (exact) mass is 370 g/mol. The van der Waals surface area contributed by atoms with E-state index in [1.807, 2.05) is 23.7 Å². The molecule has 0 radical (unpaired) electrons. The minimum absolute atomic E-state index is 0.00161. The summed E-state index contributed by atoms with van der Waals surface area (Å²) in [6.45, 7) is 0. The van der Waals surface area contributed by atoms with Gasteiger partial charge in [0.15, 0.2) is 0 Å². The number of Topliss-reactive ketones (excluding diaryl/α,β-unsaturated/α-hetero) is 1. The molecule has 0 spiro atoms. The molecule has 3 aromatic rings. The van der Waals surface area contributed by atoms with Crippen LogP contribution in [-0.4, -0.2) is 31.2 Å². The third kappa shape index (κ3) is 3.72. The van der Waals surface area contributed by atoms with E-state index in [1.165, 1.54) is 0 Å². The predicted molar refractivity (Wildman–Crippen MR) is 97.4 cm³/mol. The van der Waals surface area contributed by atoms with E-state index in [9.17, 15) is 13.6 Å². The van der Waals surface area contributed by atoms with Crippen LogP contribution in [0, 0.1) is 5.92 Å². The number of alkyl halides is 2. The molecular weight excluding hydrogens is 350 g/mol. The third-order valence-electron chi connectivity index (χ3n) is 5.27. The zero-order valence-electron chi connectivity index (χ0n) is 15.0. The molecule has 1 fully saturated rings. The molecule has 7 heteroatoms. The molecule has 1 saturated carbocycles. The number of carbonyl (C=O) groups is 1. The Kier molecular flexibility index (Phi) is 4.45. The first-order chi connectivity index (χ1) is 12.9. The van der Waals surface area contributed by atoms with Crippen molar-refractivity contribution in [3.05, 3.63) is 42.7 Å². The summed E-state index contributed by atoms with van der Waals surface area (Å²) in [6.07, 6.45) is 7.21. The second kappa shape index (κ2) is 6.79. The number of halogens is 2. The van der Waals surface area contributed by atoms with E-state index in [2.05, 4.69) is 15.0 Å². The summed E-state index contributed by atoms with van der Waals surface area (Å²) >= 11 is 0. The zero-order valence-corrected chi connectivity index (χ0v) is 15.0. The lowest BCUT2D eigenvalue weighted by Gasteiger charge is -2.27. The number of ketones is 1. The van der Waals surface area contributed by atoms with Gasteiger partial charge in [-0.05, 0) is 30.4 Å². The van der Waals surface area contributed by atoms with Crippen molar-refractivity contribution in [2.24, 2.45) is 13.0 Å². The number of hydrogen-bond donors (Lipinski definition) is 0. The summed E-state index contributed by atoms with van der Waals surface area (Å²) in [5, 5.41) is 1.82. The van der Waals surface area contributed by atoms with Crippen LogP contribution in [0.4, 0.5) is 8.78 Å². The van der Waals surface area contributed by atoms with Crippen LogP contribution in [0.3, 0.4) is 0 Å². The maximum absolute atomic E-state index is 13.3. The molecule has 1 aliphatic rings. The minimum Gasteiger partial charge on any atom is -0.332 e. The van der Waals surface area contributed by atoms with E-state index in [-0.39, 0.29) is 43.8 Å². The average molecular weight is 370 g/mol. The van der Waals surface area contributed by atoms with Gasteiger partial charge in [0.05, 0.1) is 23.9 Å². The zero-order chi connectivity index (χ0) is 19.0. The van der Waals surface area contributed by atoms with Crippen LogP contribution in [0.1, 0.15) is 31.4 Å². The van der Waals surface area contributed by atoms with Gasteiger partial charge in [-0.1, -0.05) is 0 Å². The van der Waals surface area contributed by atoms with Gasteiger partial charge in [0.25, 0.3) is 0 Å². The first kappa shape index (κ1) is 17.7. The predicted octanol–water partition coefficient (Wildman–Crippen LogP) is 3.97. The standard InChI is InChI=1S/C20H20F2N4O/c1-26-12-23-11-18(26)17-7-14-6-16(24-9-15(14)10-25-17)8-19(27)13-2-4-20(21,22)5-3-13/h6-7,9-13H,2-5,8H2,1H3. The molecule has 0 bridgehead atoms. The Hall–Kier alpha value is -2.70. The van der Waals surface area contributed by atoms with Crippen LogP contribution in [0.5, 0.6) is 0 Å². The van der Waals surface area contributed by atoms with Gasteiger partial charge in [0.1, 0.15) is 5.78 Å². The Morgan fingerprint density at radius 3 is 2.59 bits per heavy atom. The van der Waals surface area contributed by atoms with E-state index in [1.54, 1.807) is 24.9 Å². The highest BCUT2D eigenvalue weighted by Gasteiger charge is 2.37. The highest BCUT2D eigenvalue weighted by Crippen LogP contribution is 2.36. The van der Waals surface area contributed by atoms with E-state index < -0.39 is 5.92 Å². The van der Waals surface area contributed by atoms with Crippen LogP contribution in [0.15, 0.2) is 37.1 Å². The normalized spacial score (nSPS) is 17.3. The van der Waals surface area contributed by atoms with Crippen LogP contribution >= 0.6 is 0 Å². The van der Waals surface area contributed by atoms with E-state index in [0.29, 0.717) is 5.69 Å². The van der Waals surface area contributed by atoms with Crippen molar-refractivity contribution in [3.8, 4) is 11.4 Å². The molecule has 0 N–H and O–H groups in total. The Balaban J connectivity index is 1.54. The average Bonchev–Trinajstić information content (AvgIpc) is 3.07. The fourth-order valence-electron chi connectivity index (χ4n) is 3.61. The summed E-state index contributed by atoms with van der Waals surface area (Å²) in [4.78, 5) is 25.4. The van der Waals surface area contributed by atoms with Crippen LogP contribution in [0.2, 0.25) is 0 Å². The molecule has 4 rings (SSSR count). The lowest BCUT2D eigenvalue weighted by molar-refractivity contribution is -0.126. The number of imidazole rings is 1. The van der Waals surface area contributed by atoms with Gasteiger partial charge in [-0.15, -0.1) is 0 Å². The van der Waals surface area contributed by atoms with Crippen LogP contribution < -0.4 is 0 Å². The Morgan fingerprint density at radius 2 is 1.89 bits per heavy atom. The number of hydrogen-bond acceptors (Lipinski definition) is 4. The lowest BCUT2D eigenvalue weighted by Crippen LogP contribution is -2.29. The molecule has 0 saturated heterocycles. The SMILES string of the molecule is Cn1cncc1-c1cc2cc(CC(=O)C3CCC(F)(F)CC3)ncc2cn1. The minimum atomic E-state index is -2.62. The highest BCUT2D eigenvalue weighted by molar-refractivity contribution is 5.87. The fourth-order valence-corrected chi connectivity index (χ4v) is 3.61. The maximum atomic E-state index is 13.3. The number of aryl methyl sites for hydroxylation is 1. The number of carbonyl (C=O) groups excluding carboxylic acids is 1. The van der Waals surface area contributed by atoms with E-state index in [4.69, 9.17) is 0 Å². The van der Waals surface area contributed by atoms with Crippen molar-refractivity contribution >= 4 is 16.6 Å². The van der Waals surface area contributed by atoms with Crippen LogP contribution in [0.25, 0.3) is 22.2 Å². The van der Waals surface area contributed by atoms with Crippen molar-refractivity contribution in [1.82, 2.24) is 19.5 Å². The van der Waals surface area contributed by atoms with Crippen molar-refractivity contribution < 1.29 is 13.6 Å². The molecular formula is C20H20F2N4O. The van der Waals surface area contributed by atoms with Crippen molar-refractivity contribution in [1.29, 1.82) is 0 Å². The molecule has 0 atom stereocenters. The summed E-state index contributed by atoms with van der Waals surface area (Å²) in [7, 11) is 1.90. The van der Waals surface area contributed by atoms with Crippen molar-refractivity contribution in [3.63, 3.8) is 0 Å². The number of rotatable bonds is 4. The first-order valence-corrected chi connectivity index (χ1v) is 9.03. The Morgan fingerprint density at radius 1 is 1.15 bits per heavy atom. The molecule has 0 aromatic carbocycles. The maximum Gasteiger partial charge on any atom is 0.248 e. The smallest absolute Gasteiger partial charge is 0.248 e. The molecule has 0 unspecified atom stereocenters. The lowest BCUT2D eigenvalue weighted by atomic mass is 9.83. The van der Waals surface area contributed by atoms with E-state index in [0.717, 1.165) is 22.2 Å². The molecule has 5 nitrogen and oxygen atoms in total. The molecule has 1 aliphatic carbocycles. The molecule has 27 heavy (non-hydrogen) atoms.